The zero-order valence-corrected chi connectivity index (χ0v) is 9.74. The van der Waals surface area contributed by atoms with Gasteiger partial charge in [-0.15, -0.1) is 0 Å². The smallest absolute Gasteiger partial charge is 0.338 e. The van der Waals surface area contributed by atoms with Gasteiger partial charge in [-0.05, 0) is 44.7 Å². The van der Waals surface area contributed by atoms with Crippen molar-refractivity contribution in [3.05, 3.63) is 35.4 Å². The second-order valence-electron chi connectivity index (χ2n) is 4.53. The summed E-state index contributed by atoms with van der Waals surface area (Å²) in [6.07, 6.45) is 5.84. The molecule has 0 aliphatic heterocycles. The average Bonchev–Trinajstić information content (AvgIpc) is 2.31. The van der Waals surface area contributed by atoms with E-state index in [1.165, 1.54) is 19.3 Å². The molecule has 0 heterocycles. The van der Waals surface area contributed by atoms with E-state index in [2.05, 4.69) is 0 Å². The minimum atomic E-state index is -0.174. The van der Waals surface area contributed by atoms with Crippen LogP contribution < -0.4 is 0 Å². The molecule has 0 unspecified atom stereocenters. The number of ether oxygens (including phenoxy) is 1. The molecule has 0 amide bonds. The molecule has 0 bridgehead atoms. The maximum Gasteiger partial charge on any atom is 0.338 e. The fourth-order valence-corrected chi connectivity index (χ4v) is 2.09. The van der Waals surface area contributed by atoms with Crippen LogP contribution in [0.25, 0.3) is 0 Å². The van der Waals surface area contributed by atoms with E-state index in [4.69, 9.17) is 4.74 Å². The maximum absolute atomic E-state index is 11.8. The van der Waals surface area contributed by atoms with Gasteiger partial charge in [-0.25, -0.2) is 4.79 Å². The van der Waals surface area contributed by atoms with Crippen LogP contribution in [0.4, 0.5) is 0 Å². The van der Waals surface area contributed by atoms with E-state index in [9.17, 15) is 4.79 Å². The van der Waals surface area contributed by atoms with Crippen molar-refractivity contribution >= 4 is 5.97 Å². The number of hydrogen-bond acceptors (Lipinski definition) is 2. The van der Waals surface area contributed by atoms with E-state index >= 15 is 0 Å². The van der Waals surface area contributed by atoms with Crippen LogP contribution in [-0.4, -0.2) is 12.1 Å². The van der Waals surface area contributed by atoms with Crippen molar-refractivity contribution in [2.75, 3.05) is 0 Å². The van der Waals surface area contributed by atoms with E-state index in [0.29, 0.717) is 5.56 Å². The van der Waals surface area contributed by atoms with Gasteiger partial charge in [0.25, 0.3) is 0 Å². The molecule has 2 nitrogen and oxygen atoms in total. The Labute approximate surface area is 96.6 Å². The second-order valence-corrected chi connectivity index (χ2v) is 4.53. The Morgan fingerprint density at radius 3 is 2.38 bits per heavy atom. The highest BCUT2D eigenvalue weighted by Crippen LogP contribution is 2.21. The number of esters is 1. The lowest BCUT2D eigenvalue weighted by Crippen LogP contribution is -2.20. The molecule has 0 atom stereocenters. The average molecular weight is 218 g/mol. The molecule has 1 aromatic carbocycles. The molecule has 0 radical (unpaired) electrons. The third-order valence-electron chi connectivity index (χ3n) is 3.11. The summed E-state index contributed by atoms with van der Waals surface area (Å²) in [6, 6.07) is 7.55. The normalized spacial score (nSPS) is 17.1. The quantitative estimate of drug-likeness (QED) is 0.710. The van der Waals surface area contributed by atoms with Crippen LogP contribution in [0.3, 0.4) is 0 Å². The fourth-order valence-electron chi connectivity index (χ4n) is 2.09. The molecule has 1 aliphatic carbocycles. The van der Waals surface area contributed by atoms with E-state index in [0.717, 1.165) is 18.4 Å². The maximum atomic E-state index is 11.8. The molecule has 0 aromatic heterocycles. The third kappa shape index (κ3) is 2.84. The number of carbonyl (C=O) groups excluding carboxylic acids is 1. The zero-order valence-electron chi connectivity index (χ0n) is 9.74. The number of hydrogen-bond donors (Lipinski definition) is 0. The number of aryl methyl sites for hydroxylation is 1. The Balaban J connectivity index is 1.94. The van der Waals surface area contributed by atoms with Gasteiger partial charge < -0.3 is 4.74 Å². The molecular weight excluding hydrogens is 200 g/mol. The first-order valence-electron chi connectivity index (χ1n) is 6.03. The predicted octanol–water partition coefficient (Wildman–Crippen LogP) is 3.48. The van der Waals surface area contributed by atoms with Gasteiger partial charge in [0.1, 0.15) is 6.10 Å². The van der Waals surface area contributed by atoms with Crippen molar-refractivity contribution in [2.24, 2.45) is 0 Å². The van der Waals surface area contributed by atoms with Crippen LogP contribution in [-0.2, 0) is 4.74 Å². The summed E-state index contributed by atoms with van der Waals surface area (Å²) < 4.78 is 5.48. The van der Waals surface area contributed by atoms with Crippen LogP contribution in [0.5, 0.6) is 0 Å². The lowest BCUT2D eigenvalue weighted by molar-refractivity contribution is 0.0211. The van der Waals surface area contributed by atoms with Gasteiger partial charge in [-0.3, -0.25) is 0 Å². The second kappa shape index (κ2) is 5.15. The summed E-state index contributed by atoms with van der Waals surface area (Å²) in [4.78, 5) is 11.8. The van der Waals surface area contributed by atoms with Crippen LogP contribution >= 0.6 is 0 Å². The van der Waals surface area contributed by atoms with Gasteiger partial charge in [0, 0.05) is 0 Å². The minimum absolute atomic E-state index is 0.141. The molecule has 1 aliphatic rings. The Kier molecular flexibility index (Phi) is 3.60. The van der Waals surface area contributed by atoms with E-state index in [1.54, 1.807) is 0 Å². The molecule has 1 fully saturated rings. The summed E-state index contributed by atoms with van der Waals surface area (Å²) in [6.45, 7) is 2.01. The Morgan fingerprint density at radius 1 is 1.12 bits per heavy atom. The first-order chi connectivity index (χ1) is 7.75. The van der Waals surface area contributed by atoms with Crippen molar-refractivity contribution in [3.63, 3.8) is 0 Å². The van der Waals surface area contributed by atoms with E-state index in [1.807, 2.05) is 31.2 Å². The molecule has 1 aromatic rings. The van der Waals surface area contributed by atoms with Crippen molar-refractivity contribution < 1.29 is 9.53 Å². The molecule has 0 saturated heterocycles. The summed E-state index contributed by atoms with van der Waals surface area (Å²) in [5, 5.41) is 0. The minimum Gasteiger partial charge on any atom is -0.459 e. The first-order valence-corrected chi connectivity index (χ1v) is 6.03. The van der Waals surface area contributed by atoms with Gasteiger partial charge in [-0.1, -0.05) is 24.1 Å². The largest absolute Gasteiger partial charge is 0.459 e. The molecule has 86 valence electrons. The standard InChI is InChI=1S/C14H18O2/c1-11-7-9-12(10-8-11)14(15)16-13-5-3-2-4-6-13/h7-10,13H,2-6H2,1H3. The molecule has 2 rings (SSSR count). The molecular formula is C14H18O2. The van der Waals surface area contributed by atoms with Crippen molar-refractivity contribution in [2.45, 2.75) is 45.1 Å². The van der Waals surface area contributed by atoms with Gasteiger partial charge in [0.05, 0.1) is 5.56 Å². The molecule has 16 heavy (non-hydrogen) atoms. The van der Waals surface area contributed by atoms with Gasteiger partial charge in [0.2, 0.25) is 0 Å². The van der Waals surface area contributed by atoms with Crippen LogP contribution in [0, 0.1) is 6.92 Å². The summed E-state index contributed by atoms with van der Waals surface area (Å²) in [5.41, 5.74) is 1.82. The van der Waals surface area contributed by atoms with Crippen LogP contribution in [0.15, 0.2) is 24.3 Å². The highest BCUT2D eigenvalue weighted by atomic mass is 16.5. The van der Waals surface area contributed by atoms with Crippen LogP contribution in [0.1, 0.15) is 48.0 Å². The molecule has 1 saturated carbocycles. The third-order valence-corrected chi connectivity index (χ3v) is 3.11. The van der Waals surface area contributed by atoms with Crippen molar-refractivity contribution in [1.82, 2.24) is 0 Å². The Morgan fingerprint density at radius 2 is 1.75 bits per heavy atom. The highest BCUT2D eigenvalue weighted by molar-refractivity contribution is 5.89. The van der Waals surface area contributed by atoms with Crippen molar-refractivity contribution in [3.8, 4) is 0 Å². The van der Waals surface area contributed by atoms with Crippen LogP contribution in [0.2, 0.25) is 0 Å². The van der Waals surface area contributed by atoms with Crippen molar-refractivity contribution in [1.29, 1.82) is 0 Å². The highest BCUT2D eigenvalue weighted by Gasteiger charge is 2.18. The fraction of sp³-hybridized carbons (Fsp3) is 0.500. The first kappa shape index (κ1) is 11.2. The zero-order chi connectivity index (χ0) is 11.4. The van der Waals surface area contributed by atoms with Gasteiger partial charge in [-0.2, -0.15) is 0 Å². The molecule has 0 N–H and O–H groups in total. The lowest BCUT2D eigenvalue weighted by atomic mass is 9.98. The summed E-state index contributed by atoms with van der Waals surface area (Å²) in [5.74, 6) is -0.174. The number of rotatable bonds is 2. The van der Waals surface area contributed by atoms with Gasteiger partial charge >= 0.3 is 5.97 Å². The number of carbonyl (C=O) groups is 1. The number of benzene rings is 1. The molecule has 0 spiro atoms. The summed E-state index contributed by atoms with van der Waals surface area (Å²) in [7, 11) is 0. The van der Waals surface area contributed by atoms with E-state index in [-0.39, 0.29) is 12.1 Å². The van der Waals surface area contributed by atoms with Gasteiger partial charge in [0.15, 0.2) is 0 Å². The van der Waals surface area contributed by atoms with E-state index < -0.39 is 0 Å². The predicted molar refractivity (Wildman–Crippen MR) is 63.5 cm³/mol. The Bertz CT molecular complexity index is 348. The topological polar surface area (TPSA) is 26.3 Å². The molecule has 2 heteroatoms. The lowest BCUT2D eigenvalue weighted by Gasteiger charge is -2.21. The summed E-state index contributed by atoms with van der Waals surface area (Å²) >= 11 is 0. The SMILES string of the molecule is Cc1ccc(C(=O)OC2CCCCC2)cc1. The monoisotopic (exact) mass is 218 g/mol. The Hall–Kier alpha value is -1.31.